The maximum Gasteiger partial charge on any atom is 0.338 e. The van der Waals surface area contributed by atoms with E-state index in [1.54, 1.807) is 0 Å². The van der Waals surface area contributed by atoms with Crippen molar-refractivity contribution in [2.75, 3.05) is 13.4 Å². The second-order valence-electron chi connectivity index (χ2n) is 12.0. The lowest BCUT2D eigenvalue weighted by Gasteiger charge is -2.26. The lowest BCUT2D eigenvalue weighted by molar-refractivity contribution is -0.0429. The van der Waals surface area contributed by atoms with Crippen molar-refractivity contribution in [3.63, 3.8) is 0 Å². The molecule has 5 rings (SSSR count). The van der Waals surface area contributed by atoms with Gasteiger partial charge in [0.1, 0.15) is 5.75 Å². The number of benzene rings is 3. The minimum Gasteiger partial charge on any atom is -0.468 e. The lowest BCUT2D eigenvalue weighted by atomic mass is 9.79. The normalized spacial score (nSPS) is 23.8. The number of esters is 1. The lowest BCUT2D eigenvalue weighted by Crippen LogP contribution is -2.18. The van der Waals surface area contributed by atoms with Gasteiger partial charge in [-0.3, -0.25) is 0 Å². The third-order valence-corrected chi connectivity index (χ3v) is 9.00. The van der Waals surface area contributed by atoms with E-state index in [-0.39, 0.29) is 19.4 Å². The molecule has 3 aromatic rings. The van der Waals surface area contributed by atoms with E-state index in [1.165, 1.54) is 62.5 Å². The SMILES string of the molecule is CC1CCC(c2ccc(OCOCC(OC(=O)c3ccc(C4CCC(C)CC4)cc3)c3ccccc3)cc2)CC1. The standard InChI is InChI=1S/C36H44O4/c1-26-8-12-28(13-9-26)30-16-18-33(19-17-30)36(37)40-35(32-6-4-3-5-7-32)24-38-25-39-34-22-20-31(21-23-34)29-14-10-27(2)11-15-29/h3-7,16-23,26-29,35H,8-15,24-25H2,1-2H3. The monoisotopic (exact) mass is 540 g/mol. The first-order chi connectivity index (χ1) is 19.5. The predicted octanol–water partition coefficient (Wildman–Crippen LogP) is 9.23. The third kappa shape index (κ3) is 7.75. The molecule has 0 amide bonds. The average molecular weight is 541 g/mol. The van der Waals surface area contributed by atoms with Crippen molar-refractivity contribution in [1.29, 1.82) is 0 Å². The molecule has 1 unspecified atom stereocenters. The third-order valence-electron chi connectivity index (χ3n) is 9.00. The second-order valence-corrected chi connectivity index (χ2v) is 12.0. The van der Waals surface area contributed by atoms with Crippen LogP contribution in [0.25, 0.3) is 0 Å². The molecule has 2 aliphatic rings. The van der Waals surface area contributed by atoms with Crippen molar-refractivity contribution in [2.45, 2.75) is 83.2 Å². The molecule has 0 saturated heterocycles. The molecule has 0 aliphatic heterocycles. The van der Waals surface area contributed by atoms with Gasteiger partial charge in [0.15, 0.2) is 12.9 Å². The van der Waals surface area contributed by atoms with E-state index in [2.05, 4.69) is 38.1 Å². The molecule has 4 heteroatoms. The summed E-state index contributed by atoms with van der Waals surface area (Å²) in [4.78, 5) is 13.1. The fourth-order valence-corrected chi connectivity index (χ4v) is 6.24. The number of carbonyl (C=O) groups excluding carboxylic acids is 1. The Hall–Kier alpha value is -3.11. The van der Waals surface area contributed by atoms with Gasteiger partial charge in [0, 0.05) is 0 Å². The van der Waals surface area contributed by atoms with Gasteiger partial charge < -0.3 is 14.2 Å². The molecule has 0 aromatic heterocycles. The summed E-state index contributed by atoms with van der Waals surface area (Å²) in [6, 6.07) is 26.2. The Morgan fingerprint density at radius 1 is 0.700 bits per heavy atom. The van der Waals surface area contributed by atoms with Crippen LogP contribution in [0.15, 0.2) is 78.9 Å². The van der Waals surface area contributed by atoms with Crippen LogP contribution in [0.5, 0.6) is 5.75 Å². The van der Waals surface area contributed by atoms with Crippen LogP contribution in [0, 0.1) is 11.8 Å². The number of carbonyl (C=O) groups is 1. The highest BCUT2D eigenvalue weighted by molar-refractivity contribution is 5.89. The number of rotatable bonds is 10. The van der Waals surface area contributed by atoms with Gasteiger partial charge in [-0.05, 0) is 90.3 Å². The maximum atomic E-state index is 13.1. The minimum atomic E-state index is -0.520. The van der Waals surface area contributed by atoms with Gasteiger partial charge >= 0.3 is 5.97 Å². The molecule has 2 fully saturated rings. The van der Waals surface area contributed by atoms with Crippen LogP contribution in [-0.4, -0.2) is 19.4 Å². The highest BCUT2D eigenvalue weighted by atomic mass is 16.7. The molecule has 0 bridgehead atoms. The quantitative estimate of drug-likeness (QED) is 0.146. The Kier molecular flexibility index (Phi) is 9.94. The summed E-state index contributed by atoms with van der Waals surface area (Å²) in [6.07, 6.45) is 9.67. The Balaban J connectivity index is 1.13. The first kappa shape index (κ1) is 28.4. The molecule has 0 heterocycles. The number of ether oxygens (including phenoxy) is 3. The second kappa shape index (κ2) is 14.0. The Morgan fingerprint density at radius 3 is 1.77 bits per heavy atom. The van der Waals surface area contributed by atoms with Gasteiger partial charge in [-0.2, -0.15) is 0 Å². The van der Waals surface area contributed by atoms with Crippen LogP contribution >= 0.6 is 0 Å². The summed E-state index contributed by atoms with van der Waals surface area (Å²) in [5.41, 5.74) is 4.19. The molecule has 4 nitrogen and oxygen atoms in total. The molecule has 40 heavy (non-hydrogen) atoms. The van der Waals surface area contributed by atoms with Gasteiger partial charge in [0.25, 0.3) is 0 Å². The van der Waals surface area contributed by atoms with E-state index in [0.717, 1.165) is 23.1 Å². The molecule has 0 N–H and O–H groups in total. The summed E-state index contributed by atoms with van der Waals surface area (Å²) in [5, 5.41) is 0. The summed E-state index contributed by atoms with van der Waals surface area (Å²) in [6.45, 7) is 5.00. The highest BCUT2D eigenvalue weighted by Gasteiger charge is 2.22. The first-order valence-electron chi connectivity index (χ1n) is 15.2. The fourth-order valence-electron chi connectivity index (χ4n) is 6.24. The zero-order valence-electron chi connectivity index (χ0n) is 24.1. The smallest absolute Gasteiger partial charge is 0.338 e. The first-order valence-corrected chi connectivity index (χ1v) is 15.2. The van der Waals surface area contributed by atoms with E-state index < -0.39 is 6.10 Å². The largest absolute Gasteiger partial charge is 0.468 e. The van der Waals surface area contributed by atoms with Crippen molar-refractivity contribution in [1.82, 2.24) is 0 Å². The van der Waals surface area contributed by atoms with E-state index in [1.807, 2.05) is 54.6 Å². The van der Waals surface area contributed by atoms with Crippen molar-refractivity contribution >= 4 is 5.97 Å². The molecular formula is C36H44O4. The van der Waals surface area contributed by atoms with E-state index in [9.17, 15) is 4.79 Å². The summed E-state index contributed by atoms with van der Waals surface area (Å²) < 4.78 is 17.7. The zero-order valence-corrected chi connectivity index (χ0v) is 24.1. The van der Waals surface area contributed by atoms with Crippen LogP contribution in [0.3, 0.4) is 0 Å². The van der Waals surface area contributed by atoms with Gasteiger partial charge in [-0.15, -0.1) is 0 Å². The maximum absolute atomic E-state index is 13.1. The average Bonchev–Trinajstić information content (AvgIpc) is 3.00. The zero-order chi connectivity index (χ0) is 27.7. The van der Waals surface area contributed by atoms with Gasteiger partial charge in [-0.1, -0.05) is 94.1 Å². The molecule has 0 radical (unpaired) electrons. The van der Waals surface area contributed by atoms with Crippen LogP contribution in [-0.2, 0) is 9.47 Å². The molecule has 2 saturated carbocycles. The van der Waals surface area contributed by atoms with Crippen LogP contribution in [0.1, 0.15) is 110 Å². The van der Waals surface area contributed by atoms with Crippen LogP contribution in [0.4, 0.5) is 0 Å². The minimum absolute atomic E-state index is 0.0931. The number of hydrogen-bond donors (Lipinski definition) is 0. The van der Waals surface area contributed by atoms with Gasteiger partial charge in [0.05, 0.1) is 12.2 Å². The van der Waals surface area contributed by atoms with Crippen molar-refractivity contribution in [2.24, 2.45) is 11.8 Å². The summed E-state index contributed by atoms with van der Waals surface area (Å²) in [5.74, 6) is 3.38. The predicted molar refractivity (Wildman–Crippen MR) is 160 cm³/mol. The summed E-state index contributed by atoms with van der Waals surface area (Å²) >= 11 is 0. The molecule has 1 atom stereocenters. The number of hydrogen-bond acceptors (Lipinski definition) is 4. The molecule has 0 spiro atoms. The van der Waals surface area contributed by atoms with Crippen molar-refractivity contribution in [3.8, 4) is 5.75 Å². The summed E-state index contributed by atoms with van der Waals surface area (Å²) in [7, 11) is 0. The fraction of sp³-hybridized carbons (Fsp3) is 0.472. The van der Waals surface area contributed by atoms with E-state index in [0.29, 0.717) is 17.4 Å². The van der Waals surface area contributed by atoms with Crippen LogP contribution < -0.4 is 4.74 Å². The molecule has 2 aliphatic carbocycles. The van der Waals surface area contributed by atoms with Gasteiger partial charge in [-0.25, -0.2) is 4.79 Å². The Labute approximate surface area is 240 Å². The Morgan fingerprint density at radius 2 is 1.23 bits per heavy atom. The van der Waals surface area contributed by atoms with E-state index in [4.69, 9.17) is 14.2 Å². The highest BCUT2D eigenvalue weighted by Crippen LogP contribution is 2.37. The molecular weight excluding hydrogens is 496 g/mol. The molecule has 212 valence electrons. The van der Waals surface area contributed by atoms with Gasteiger partial charge in [0.2, 0.25) is 0 Å². The van der Waals surface area contributed by atoms with Crippen molar-refractivity contribution in [3.05, 3.63) is 101 Å². The topological polar surface area (TPSA) is 44.8 Å². The molecule has 3 aromatic carbocycles. The Bertz CT molecular complexity index is 1170. The van der Waals surface area contributed by atoms with Crippen LogP contribution in [0.2, 0.25) is 0 Å². The van der Waals surface area contributed by atoms with Crippen molar-refractivity contribution < 1.29 is 19.0 Å². The van der Waals surface area contributed by atoms with E-state index >= 15 is 0 Å².